The van der Waals surface area contributed by atoms with E-state index in [-0.39, 0.29) is 30.6 Å². The number of nitrogens with zero attached hydrogens (tertiary/aromatic N) is 1. The minimum atomic E-state index is -0.718. The lowest BCUT2D eigenvalue weighted by Gasteiger charge is -2.24. The molecule has 0 bridgehead atoms. The minimum Gasteiger partial charge on any atom is -0.444 e. The Morgan fingerprint density at radius 1 is 0.750 bits per heavy atom. The predicted molar refractivity (Wildman–Crippen MR) is 182 cm³/mol. The van der Waals surface area contributed by atoms with E-state index in [9.17, 15) is 23.2 Å². The summed E-state index contributed by atoms with van der Waals surface area (Å²) in [4.78, 5) is 38.5. The predicted octanol–water partition coefficient (Wildman–Crippen LogP) is 7.56. The highest BCUT2D eigenvalue weighted by molar-refractivity contribution is 5.99. The van der Waals surface area contributed by atoms with Gasteiger partial charge in [0, 0.05) is 36.6 Å². The fourth-order valence-corrected chi connectivity index (χ4v) is 5.07. The van der Waals surface area contributed by atoms with E-state index in [0.717, 1.165) is 27.6 Å². The molecule has 3 amide bonds. The second kappa shape index (κ2) is 15.3. The van der Waals surface area contributed by atoms with Crippen LogP contribution >= 0.6 is 0 Å². The fraction of sp³-hybridized carbons (Fsp3) is 0.378. The summed E-state index contributed by atoms with van der Waals surface area (Å²) in [5, 5.41) is 9.30. The van der Waals surface area contributed by atoms with Gasteiger partial charge in [0.2, 0.25) is 0 Å². The molecule has 0 aliphatic heterocycles. The number of halogens is 2. The lowest BCUT2D eigenvalue weighted by molar-refractivity contribution is 0.0487. The van der Waals surface area contributed by atoms with E-state index in [2.05, 4.69) is 16.0 Å². The number of amides is 3. The summed E-state index contributed by atoms with van der Waals surface area (Å²) < 4.78 is 39.9. The van der Waals surface area contributed by atoms with E-state index in [1.54, 1.807) is 71.9 Å². The molecule has 0 radical (unpaired) electrons. The molecule has 3 N–H and O–H groups in total. The quantitative estimate of drug-likeness (QED) is 0.144. The summed E-state index contributed by atoms with van der Waals surface area (Å²) in [6.45, 7) is 11.3. The lowest BCUT2D eigenvalue weighted by Crippen LogP contribution is -2.46. The highest BCUT2D eigenvalue weighted by atomic mass is 19.1. The number of ether oxygens (including phenoxy) is 2. The first kappa shape index (κ1) is 35.9. The average molecular weight is 663 g/mol. The maximum Gasteiger partial charge on any atom is 0.407 e. The zero-order valence-electron chi connectivity index (χ0n) is 28.3. The molecule has 0 spiro atoms. The number of hydrogen-bond acceptors (Lipinski definition) is 5. The van der Waals surface area contributed by atoms with Gasteiger partial charge in [-0.25, -0.2) is 18.4 Å². The van der Waals surface area contributed by atoms with Crippen LogP contribution in [0.4, 0.5) is 18.4 Å². The van der Waals surface area contributed by atoms with Crippen molar-refractivity contribution in [1.29, 1.82) is 0 Å². The Kier molecular flexibility index (Phi) is 11.5. The summed E-state index contributed by atoms with van der Waals surface area (Å²) in [6.07, 6.45) is -0.244. The van der Waals surface area contributed by atoms with Gasteiger partial charge in [0.05, 0.1) is 0 Å². The van der Waals surface area contributed by atoms with Gasteiger partial charge in [-0.2, -0.15) is 0 Å². The second-order valence-corrected chi connectivity index (χ2v) is 13.6. The smallest absolute Gasteiger partial charge is 0.407 e. The molecule has 1 atom stereocenters. The van der Waals surface area contributed by atoms with Crippen LogP contribution < -0.4 is 16.0 Å². The first-order valence-corrected chi connectivity index (χ1v) is 15.9. The van der Waals surface area contributed by atoms with Crippen molar-refractivity contribution >= 4 is 29.0 Å². The fourth-order valence-electron chi connectivity index (χ4n) is 5.07. The van der Waals surface area contributed by atoms with Crippen molar-refractivity contribution in [2.45, 2.75) is 78.2 Å². The molecule has 9 nitrogen and oxygen atoms in total. The van der Waals surface area contributed by atoms with Crippen LogP contribution in [0.1, 0.15) is 70.4 Å². The molecule has 11 heteroatoms. The van der Waals surface area contributed by atoms with Crippen molar-refractivity contribution in [3.8, 4) is 11.1 Å². The Bertz CT molecular complexity index is 1720. The third-order valence-corrected chi connectivity index (χ3v) is 7.20. The van der Waals surface area contributed by atoms with Crippen LogP contribution in [0.3, 0.4) is 0 Å². The number of hydrogen-bond donors (Lipinski definition) is 3. The van der Waals surface area contributed by atoms with E-state index in [1.807, 2.05) is 22.8 Å². The number of rotatable bonds is 11. The van der Waals surface area contributed by atoms with E-state index >= 15 is 0 Å². The van der Waals surface area contributed by atoms with Crippen LogP contribution in [0.25, 0.3) is 22.0 Å². The van der Waals surface area contributed by atoms with E-state index in [0.29, 0.717) is 25.1 Å². The molecule has 4 rings (SSSR count). The maximum absolute atomic E-state index is 13.8. The number of carbonyl (C=O) groups is 3. The first-order chi connectivity index (χ1) is 22.6. The summed E-state index contributed by atoms with van der Waals surface area (Å²) in [6, 6.07) is 19.3. The van der Waals surface area contributed by atoms with Gasteiger partial charge in [0.15, 0.2) is 0 Å². The maximum atomic E-state index is 13.8. The second-order valence-electron chi connectivity index (χ2n) is 13.6. The molecule has 0 aliphatic carbocycles. The Morgan fingerprint density at radius 3 is 1.96 bits per heavy atom. The van der Waals surface area contributed by atoms with Crippen molar-refractivity contribution in [3.05, 3.63) is 95.7 Å². The molecule has 0 unspecified atom stereocenters. The van der Waals surface area contributed by atoms with Crippen molar-refractivity contribution in [1.82, 2.24) is 20.5 Å². The van der Waals surface area contributed by atoms with E-state index in [1.165, 1.54) is 24.3 Å². The SMILES string of the molecule is CC(C)(C)OC(=O)NCCC[C@@H](CNC(=O)c1cc2ccc(-c3ccc(F)cc3)cc2n1Cc1ccc(F)cc1)NC(=O)OC(C)(C)C. The monoisotopic (exact) mass is 662 g/mol. The molecule has 3 aromatic carbocycles. The van der Waals surface area contributed by atoms with Crippen molar-refractivity contribution in [2.75, 3.05) is 13.1 Å². The molecule has 4 aromatic rings. The Balaban J connectivity index is 1.55. The number of benzene rings is 3. The molecular weight excluding hydrogens is 618 g/mol. The van der Waals surface area contributed by atoms with Crippen LogP contribution in [0.15, 0.2) is 72.8 Å². The van der Waals surface area contributed by atoms with Gasteiger partial charge in [0.25, 0.3) is 5.91 Å². The van der Waals surface area contributed by atoms with Gasteiger partial charge >= 0.3 is 12.2 Å². The Labute approximate surface area is 280 Å². The highest BCUT2D eigenvalue weighted by Gasteiger charge is 2.22. The number of carbonyl (C=O) groups excluding carboxylic acids is 3. The van der Waals surface area contributed by atoms with E-state index in [4.69, 9.17) is 9.47 Å². The molecule has 0 saturated heterocycles. The normalized spacial score (nSPS) is 12.3. The van der Waals surface area contributed by atoms with Gasteiger partial charge < -0.3 is 30.0 Å². The van der Waals surface area contributed by atoms with Crippen LogP contribution in [-0.4, -0.2) is 53.0 Å². The third-order valence-electron chi connectivity index (χ3n) is 7.20. The van der Waals surface area contributed by atoms with Gasteiger partial charge in [-0.15, -0.1) is 0 Å². The van der Waals surface area contributed by atoms with Crippen LogP contribution in [0.2, 0.25) is 0 Å². The first-order valence-electron chi connectivity index (χ1n) is 15.9. The number of fused-ring (bicyclic) bond motifs is 1. The summed E-state index contributed by atoms with van der Waals surface area (Å²) in [5.41, 5.74) is 2.24. The van der Waals surface area contributed by atoms with Crippen LogP contribution in [0.5, 0.6) is 0 Å². The molecule has 1 heterocycles. The highest BCUT2D eigenvalue weighted by Crippen LogP contribution is 2.28. The van der Waals surface area contributed by atoms with Crippen molar-refractivity contribution < 1.29 is 32.6 Å². The van der Waals surface area contributed by atoms with Gasteiger partial charge in [-0.1, -0.05) is 36.4 Å². The topological polar surface area (TPSA) is 111 Å². The Morgan fingerprint density at radius 2 is 1.33 bits per heavy atom. The molecule has 0 fully saturated rings. The minimum absolute atomic E-state index is 0.0867. The number of alkyl carbamates (subject to hydrolysis) is 2. The molecule has 48 heavy (non-hydrogen) atoms. The zero-order valence-corrected chi connectivity index (χ0v) is 28.3. The molecule has 0 saturated carbocycles. The average Bonchev–Trinajstić information content (AvgIpc) is 3.35. The Hall–Kier alpha value is -4.93. The molecule has 0 aliphatic rings. The zero-order chi connectivity index (χ0) is 35.1. The van der Waals surface area contributed by atoms with Crippen molar-refractivity contribution in [2.24, 2.45) is 0 Å². The standard InChI is InChI=1S/C37H44F2N4O5/c1-36(2,3)47-34(45)40-19-7-8-30(42-35(46)48-37(4,5)6)22-41-33(44)32-21-27-12-11-26(25-13-17-29(39)18-14-25)20-31(27)43(32)23-24-9-15-28(38)16-10-24/h9-18,20-21,30H,7-8,19,22-23H2,1-6H3,(H,40,45)(H,41,44)(H,42,46)/t30-/m0/s1. The summed E-state index contributed by atoms with van der Waals surface area (Å²) in [5.74, 6) is -1.07. The van der Waals surface area contributed by atoms with Crippen molar-refractivity contribution in [3.63, 3.8) is 0 Å². The molecule has 1 aromatic heterocycles. The molecular formula is C37H44F2N4O5. The lowest BCUT2D eigenvalue weighted by atomic mass is 10.0. The van der Waals surface area contributed by atoms with Gasteiger partial charge in [-0.05, 0) is 107 Å². The molecule has 256 valence electrons. The number of aromatic nitrogens is 1. The number of nitrogens with one attached hydrogen (secondary N) is 3. The largest absolute Gasteiger partial charge is 0.444 e. The van der Waals surface area contributed by atoms with Gasteiger partial charge in [-0.3, -0.25) is 4.79 Å². The van der Waals surface area contributed by atoms with E-state index < -0.39 is 29.4 Å². The van der Waals surface area contributed by atoms with Gasteiger partial charge in [0.1, 0.15) is 28.5 Å². The third kappa shape index (κ3) is 10.8. The summed E-state index contributed by atoms with van der Waals surface area (Å²) >= 11 is 0. The van der Waals surface area contributed by atoms with Crippen LogP contribution in [0, 0.1) is 11.6 Å². The summed E-state index contributed by atoms with van der Waals surface area (Å²) in [7, 11) is 0. The van der Waals surface area contributed by atoms with Crippen LogP contribution in [-0.2, 0) is 16.0 Å².